The van der Waals surface area contributed by atoms with Crippen LogP contribution in [0.3, 0.4) is 0 Å². The highest BCUT2D eigenvalue weighted by molar-refractivity contribution is 6.03. The second-order valence-corrected chi connectivity index (χ2v) is 8.68. The van der Waals surface area contributed by atoms with E-state index < -0.39 is 29.8 Å². The number of benzene rings is 2. The quantitative estimate of drug-likeness (QED) is 0.581. The van der Waals surface area contributed by atoms with Gasteiger partial charge in [0.25, 0.3) is 0 Å². The van der Waals surface area contributed by atoms with Crippen LogP contribution < -0.4 is 10.2 Å². The van der Waals surface area contributed by atoms with Crippen LogP contribution in [0.2, 0.25) is 0 Å². The van der Waals surface area contributed by atoms with Gasteiger partial charge in [0.2, 0.25) is 0 Å². The van der Waals surface area contributed by atoms with Crippen molar-refractivity contribution in [2.24, 2.45) is 0 Å². The van der Waals surface area contributed by atoms with Gasteiger partial charge < -0.3 is 10.1 Å². The fourth-order valence-electron chi connectivity index (χ4n) is 4.49. The maximum absolute atomic E-state index is 13.3. The summed E-state index contributed by atoms with van der Waals surface area (Å²) in [6.07, 6.45) is -2.41. The molecule has 2 aromatic rings. The molecule has 1 fully saturated rings. The number of carbonyl (C=O) groups is 2. The van der Waals surface area contributed by atoms with Gasteiger partial charge in [0.1, 0.15) is 6.61 Å². The Hall–Kier alpha value is -3.84. The molecular formula is C26H25F3N4O3. The minimum Gasteiger partial charge on any atom is -0.461 e. The van der Waals surface area contributed by atoms with Crippen LogP contribution >= 0.6 is 0 Å². The van der Waals surface area contributed by atoms with Crippen molar-refractivity contribution in [3.8, 4) is 6.07 Å². The third-order valence-electron chi connectivity index (χ3n) is 6.35. The average Bonchev–Trinajstić information content (AvgIpc) is 3.37. The number of esters is 1. The van der Waals surface area contributed by atoms with Crippen LogP contribution in [-0.2, 0) is 15.7 Å². The van der Waals surface area contributed by atoms with Gasteiger partial charge >= 0.3 is 18.2 Å². The van der Waals surface area contributed by atoms with Crippen molar-refractivity contribution in [2.75, 3.05) is 31.1 Å². The molecule has 1 unspecified atom stereocenters. The zero-order chi connectivity index (χ0) is 25.9. The van der Waals surface area contributed by atoms with Crippen molar-refractivity contribution < 1.29 is 27.5 Å². The molecule has 0 bridgehead atoms. The van der Waals surface area contributed by atoms with E-state index in [0.29, 0.717) is 17.7 Å². The molecule has 188 valence electrons. The largest absolute Gasteiger partial charge is 0.461 e. The van der Waals surface area contributed by atoms with Crippen LogP contribution in [0.1, 0.15) is 42.5 Å². The summed E-state index contributed by atoms with van der Waals surface area (Å²) in [5.41, 5.74) is 0.278. The van der Waals surface area contributed by atoms with E-state index in [1.54, 1.807) is 24.3 Å². The Morgan fingerprint density at radius 3 is 2.50 bits per heavy atom. The third kappa shape index (κ3) is 5.36. The summed E-state index contributed by atoms with van der Waals surface area (Å²) in [6, 6.07) is 11.1. The lowest BCUT2D eigenvalue weighted by Gasteiger charge is -2.35. The number of likely N-dealkylation sites (tertiary alicyclic amines) is 1. The minimum atomic E-state index is -4.59. The van der Waals surface area contributed by atoms with Crippen molar-refractivity contribution in [1.82, 2.24) is 10.2 Å². The van der Waals surface area contributed by atoms with Gasteiger partial charge in [-0.1, -0.05) is 18.2 Å². The number of carbonyl (C=O) groups excluding carboxylic acids is 2. The van der Waals surface area contributed by atoms with E-state index in [0.717, 1.165) is 43.0 Å². The first kappa shape index (κ1) is 25.3. The second kappa shape index (κ2) is 10.4. The van der Waals surface area contributed by atoms with E-state index >= 15 is 0 Å². The third-order valence-corrected chi connectivity index (χ3v) is 6.35. The number of hydrogen-bond donors (Lipinski definition) is 1. The van der Waals surface area contributed by atoms with Crippen LogP contribution in [0.25, 0.3) is 0 Å². The first-order chi connectivity index (χ1) is 17.2. The highest BCUT2D eigenvalue weighted by Crippen LogP contribution is 2.37. The maximum atomic E-state index is 13.3. The zero-order valence-corrected chi connectivity index (χ0v) is 19.6. The zero-order valence-electron chi connectivity index (χ0n) is 19.6. The van der Waals surface area contributed by atoms with Gasteiger partial charge in [0.15, 0.2) is 0 Å². The summed E-state index contributed by atoms with van der Waals surface area (Å²) in [4.78, 5) is 29.6. The lowest BCUT2D eigenvalue weighted by atomic mass is 9.94. The Labute approximate surface area is 206 Å². The molecule has 0 saturated carbocycles. The molecule has 2 heterocycles. The van der Waals surface area contributed by atoms with Crippen molar-refractivity contribution in [2.45, 2.75) is 32.0 Å². The molecular weight excluding hydrogens is 473 g/mol. The maximum Gasteiger partial charge on any atom is 0.416 e. The number of ether oxygens (including phenoxy) is 1. The predicted octanol–water partition coefficient (Wildman–Crippen LogP) is 4.76. The van der Waals surface area contributed by atoms with E-state index in [1.807, 2.05) is 6.07 Å². The fraction of sp³-hybridized carbons (Fsp3) is 0.346. The predicted molar refractivity (Wildman–Crippen MR) is 126 cm³/mol. The number of rotatable bonds is 6. The smallest absolute Gasteiger partial charge is 0.416 e. The molecule has 2 aromatic carbocycles. The highest BCUT2D eigenvalue weighted by Gasteiger charge is 2.38. The van der Waals surface area contributed by atoms with Crippen LogP contribution in [0.4, 0.5) is 23.7 Å². The first-order valence-electron chi connectivity index (χ1n) is 11.6. The minimum absolute atomic E-state index is 0.0273. The number of urea groups is 1. The number of nitrogens with zero attached hydrogens (tertiary/aromatic N) is 3. The number of anilines is 1. The van der Waals surface area contributed by atoms with Gasteiger partial charge in [0, 0.05) is 12.2 Å². The van der Waals surface area contributed by atoms with Crippen molar-refractivity contribution in [1.29, 1.82) is 5.26 Å². The van der Waals surface area contributed by atoms with E-state index in [4.69, 9.17) is 10.00 Å². The van der Waals surface area contributed by atoms with E-state index in [-0.39, 0.29) is 23.6 Å². The van der Waals surface area contributed by atoms with Gasteiger partial charge in [-0.25, -0.2) is 9.59 Å². The van der Waals surface area contributed by atoms with E-state index in [1.165, 1.54) is 19.1 Å². The molecule has 1 atom stereocenters. The Bertz CT molecular complexity index is 1210. The molecule has 4 rings (SSSR count). The molecule has 2 amide bonds. The van der Waals surface area contributed by atoms with Gasteiger partial charge in [-0.05, 0) is 68.8 Å². The number of halogens is 3. The van der Waals surface area contributed by atoms with Crippen LogP contribution in [0.5, 0.6) is 0 Å². The van der Waals surface area contributed by atoms with Crippen LogP contribution in [-0.4, -0.2) is 43.1 Å². The number of alkyl halides is 3. The summed E-state index contributed by atoms with van der Waals surface area (Å²) in [5.74, 6) is -0.668. The number of nitriles is 1. The molecule has 7 nitrogen and oxygen atoms in total. The van der Waals surface area contributed by atoms with E-state index in [2.05, 4.69) is 10.2 Å². The van der Waals surface area contributed by atoms with Crippen molar-refractivity contribution in [3.63, 3.8) is 0 Å². The Morgan fingerprint density at radius 2 is 1.86 bits per heavy atom. The SMILES string of the molecule is CC1=C(C(=O)OCCN2CCCC2)C(c2ccc(C#N)cc2)NC(=O)N1c1cccc(C(F)(F)F)c1. The normalized spacial score (nSPS) is 18.7. The topological polar surface area (TPSA) is 85.7 Å². The molecule has 36 heavy (non-hydrogen) atoms. The number of nitrogens with one attached hydrogen (secondary N) is 1. The molecule has 0 spiro atoms. The van der Waals surface area contributed by atoms with Crippen molar-refractivity contribution in [3.05, 3.63) is 76.5 Å². The monoisotopic (exact) mass is 498 g/mol. The number of amides is 2. The number of hydrogen-bond acceptors (Lipinski definition) is 5. The lowest BCUT2D eigenvalue weighted by Crippen LogP contribution is -2.48. The summed E-state index contributed by atoms with van der Waals surface area (Å²) >= 11 is 0. The molecule has 2 aliphatic heterocycles. The second-order valence-electron chi connectivity index (χ2n) is 8.68. The molecule has 0 aromatic heterocycles. The van der Waals surface area contributed by atoms with Crippen LogP contribution in [0.15, 0.2) is 59.8 Å². The van der Waals surface area contributed by atoms with Gasteiger partial charge in [-0.3, -0.25) is 9.80 Å². The summed E-state index contributed by atoms with van der Waals surface area (Å²) in [6.45, 7) is 4.10. The average molecular weight is 499 g/mol. The molecule has 0 aliphatic carbocycles. The van der Waals surface area contributed by atoms with Crippen molar-refractivity contribution >= 4 is 17.7 Å². The molecule has 1 saturated heterocycles. The Morgan fingerprint density at radius 1 is 1.17 bits per heavy atom. The van der Waals surface area contributed by atoms with Gasteiger partial charge in [-0.15, -0.1) is 0 Å². The first-order valence-corrected chi connectivity index (χ1v) is 11.6. The molecule has 0 radical (unpaired) electrons. The summed E-state index contributed by atoms with van der Waals surface area (Å²) in [7, 11) is 0. The Balaban J connectivity index is 1.70. The van der Waals surface area contributed by atoms with Gasteiger partial charge in [-0.2, -0.15) is 18.4 Å². The standard InChI is InChI=1S/C26H25F3N4O3/c1-17-22(24(34)36-14-13-32-11-2-3-12-32)23(19-9-7-18(16-30)8-10-19)31-25(35)33(17)21-6-4-5-20(15-21)26(27,28)29/h4-10,15,23H,2-3,11-14H2,1H3,(H,31,35). The van der Waals surface area contributed by atoms with E-state index in [9.17, 15) is 22.8 Å². The number of allylic oxidation sites excluding steroid dienone is 1. The van der Waals surface area contributed by atoms with Crippen LogP contribution in [0, 0.1) is 11.3 Å². The molecule has 2 aliphatic rings. The lowest BCUT2D eigenvalue weighted by molar-refractivity contribution is -0.140. The Kier molecular flexibility index (Phi) is 7.31. The summed E-state index contributed by atoms with van der Waals surface area (Å²) < 4.78 is 45.5. The molecule has 10 heteroatoms. The highest BCUT2D eigenvalue weighted by atomic mass is 19.4. The van der Waals surface area contributed by atoms with Gasteiger partial charge in [0.05, 0.1) is 34.5 Å². The fourth-order valence-corrected chi connectivity index (χ4v) is 4.49. The summed E-state index contributed by atoms with van der Waals surface area (Å²) in [5, 5.41) is 11.8. The molecule has 1 N–H and O–H groups in total.